The van der Waals surface area contributed by atoms with Gasteiger partial charge < -0.3 is 9.47 Å². The number of halogens is 1. The molecule has 24 heavy (non-hydrogen) atoms. The fourth-order valence-electron chi connectivity index (χ4n) is 1.85. The summed E-state index contributed by atoms with van der Waals surface area (Å²) in [4.78, 5) is 24.0. The molecule has 0 aliphatic heterocycles. The predicted molar refractivity (Wildman–Crippen MR) is 92.8 cm³/mol. The first-order valence-corrected chi connectivity index (χ1v) is 7.95. The van der Waals surface area contributed by atoms with Gasteiger partial charge in [0.05, 0.1) is 7.11 Å². The van der Waals surface area contributed by atoms with E-state index in [4.69, 9.17) is 9.47 Å². The van der Waals surface area contributed by atoms with Crippen molar-refractivity contribution < 1.29 is 19.1 Å². The second-order valence-electron chi connectivity index (χ2n) is 4.89. The normalized spacial score (nSPS) is 11.3. The summed E-state index contributed by atoms with van der Waals surface area (Å²) in [5.41, 5.74) is 5.05. The fraction of sp³-hybridized carbons (Fsp3) is 0.176. The van der Waals surface area contributed by atoms with Crippen molar-refractivity contribution in [2.24, 2.45) is 0 Å². The molecule has 2 amide bonds. The number of carbonyl (C=O) groups is 2. The van der Waals surface area contributed by atoms with Crippen molar-refractivity contribution in [1.29, 1.82) is 0 Å². The number of methoxy groups -OCH3 is 1. The van der Waals surface area contributed by atoms with E-state index in [2.05, 4.69) is 26.8 Å². The van der Waals surface area contributed by atoms with Crippen LogP contribution in [0.4, 0.5) is 0 Å². The molecule has 0 radical (unpaired) electrons. The minimum Gasteiger partial charge on any atom is -0.497 e. The van der Waals surface area contributed by atoms with Crippen LogP contribution in [0, 0.1) is 0 Å². The monoisotopic (exact) mass is 392 g/mol. The number of amides is 2. The summed E-state index contributed by atoms with van der Waals surface area (Å²) in [5.74, 6) is 0.189. The first-order chi connectivity index (χ1) is 11.5. The number of nitrogens with one attached hydrogen (secondary N) is 2. The Bertz CT molecular complexity index is 736. The number of hydrogen-bond acceptors (Lipinski definition) is 4. The van der Waals surface area contributed by atoms with Crippen molar-refractivity contribution >= 4 is 27.7 Å². The molecule has 0 saturated carbocycles. The SMILES string of the molecule is COc1cccc(C(=O)NNC(=O)[C@H](C)Oc2cccc(Br)c2)c1. The minimum atomic E-state index is -0.773. The molecular weight excluding hydrogens is 376 g/mol. The van der Waals surface area contributed by atoms with E-state index in [9.17, 15) is 9.59 Å². The van der Waals surface area contributed by atoms with Gasteiger partial charge in [-0.25, -0.2) is 0 Å². The average Bonchev–Trinajstić information content (AvgIpc) is 2.59. The number of hydrogen-bond donors (Lipinski definition) is 2. The number of benzene rings is 2. The third-order valence-corrected chi connectivity index (χ3v) is 3.60. The Kier molecular flexibility index (Phi) is 6.20. The molecule has 0 bridgehead atoms. The first-order valence-electron chi connectivity index (χ1n) is 7.16. The summed E-state index contributed by atoms with van der Waals surface area (Å²) in [7, 11) is 1.51. The van der Waals surface area contributed by atoms with Crippen LogP contribution in [-0.2, 0) is 4.79 Å². The van der Waals surface area contributed by atoms with E-state index in [1.54, 1.807) is 49.4 Å². The highest BCUT2D eigenvalue weighted by molar-refractivity contribution is 9.10. The number of hydrazine groups is 1. The van der Waals surface area contributed by atoms with Gasteiger partial charge in [-0.2, -0.15) is 0 Å². The maximum absolute atomic E-state index is 12.0. The van der Waals surface area contributed by atoms with Gasteiger partial charge in [0.15, 0.2) is 6.10 Å². The Balaban J connectivity index is 1.88. The van der Waals surface area contributed by atoms with Crippen LogP contribution in [0.3, 0.4) is 0 Å². The van der Waals surface area contributed by atoms with Gasteiger partial charge in [0.25, 0.3) is 11.8 Å². The maximum Gasteiger partial charge on any atom is 0.279 e. The summed E-state index contributed by atoms with van der Waals surface area (Å²) in [6.45, 7) is 1.59. The summed E-state index contributed by atoms with van der Waals surface area (Å²) in [6.07, 6.45) is -0.773. The molecule has 6 nitrogen and oxygen atoms in total. The molecule has 0 fully saturated rings. The molecule has 0 spiro atoms. The molecule has 1 atom stereocenters. The van der Waals surface area contributed by atoms with E-state index in [1.807, 2.05) is 6.07 Å². The molecule has 0 aromatic heterocycles. The van der Waals surface area contributed by atoms with Crippen molar-refractivity contribution in [3.05, 3.63) is 58.6 Å². The summed E-state index contributed by atoms with van der Waals surface area (Å²) >= 11 is 3.33. The molecule has 0 saturated heterocycles. The zero-order valence-electron chi connectivity index (χ0n) is 13.2. The lowest BCUT2D eigenvalue weighted by Gasteiger charge is -2.15. The second-order valence-corrected chi connectivity index (χ2v) is 5.81. The number of rotatable bonds is 5. The lowest BCUT2D eigenvalue weighted by atomic mass is 10.2. The van der Waals surface area contributed by atoms with E-state index in [-0.39, 0.29) is 0 Å². The van der Waals surface area contributed by atoms with Crippen LogP contribution < -0.4 is 20.3 Å². The topological polar surface area (TPSA) is 76.7 Å². The Morgan fingerprint density at radius 2 is 1.75 bits per heavy atom. The van der Waals surface area contributed by atoms with Gasteiger partial charge in [0.2, 0.25) is 0 Å². The lowest BCUT2D eigenvalue weighted by molar-refractivity contribution is -0.128. The standard InChI is InChI=1S/C17H17BrN2O4/c1-11(24-15-8-4-6-13(18)10-15)16(21)19-20-17(22)12-5-3-7-14(9-12)23-2/h3-11H,1-2H3,(H,19,21)(H,20,22)/t11-/m0/s1. The van der Waals surface area contributed by atoms with E-state index in [0.717, 1.165) is 4.47 Å². The molecule has 7 heteroatoms. The minimum absolute atomic E-state index is 0.371. The van der Waals surface area contributed by atoms with Gasteiger partial charge in [-0.3, -0.25) is 20.4 Å². The highest BCUT2D eigenvalue weighted by atomic mass is 79.9. The third kappa shape index (κ3) is 4.99. The van der Waals surface area contributed by atoms with Crippen molar-refractivity contribution in [2.45, 2.75) is 13.0 Å². The van der Waals surface area contributed by atoms with Crippen LogP contribution in [0.5, 0.6) is 11.5 Å². The molecule has 126 valence electrons. The molecule has 0 aliphatic rings. The zero-order valence-corrected chi connectivity index (χ0v) is 14.8. The first kappa shape index (κ1) is 17.8. The zero-order chi connectivity index (χ0) is 17.5. The third-order valence-electron chi connectivity index (χ3n) is 3.11. The number of carbonyl (C=O) groups excluding carboxylic acids is 2. The van der Waals surface area contributed by atoms with Crippen LogP contribution in [0.15, 0.2) is 53.0 Å². The highest BCUT2D eigenvalue weighted by Crippen LogP contribution is 2.18. The molecule has 0 heterocycles. The van der Waals surface area contributed by atoms with Gasteiger partial charge in [-0.05, 0) is 43.3 Å². The van der Waals surface area contributed by atoms with Crippen molar-refractivity contribution in [2.75, 3.05) is 7.11 Å². The summed E-state index contributed by atoms with van der Waals surface area (Å²) in [5, 5.41) is 0. The van der Waals surface area contributed by atoms with Gasteiger partial charge in [-0.15, -0.1) is 0 Å². The quantitative estimate of drug-likeness (QED) is 0.766. The van der Waals surface area contributed by atoms with E-state index >= 15 is 0 Å². The molecule has 2 N–H and O–H groups in total. The van der Waals surface area contributed by atoms with Gasteiger partial charge in [0.1, 0.15) is 11.5 Å². The van der Waals surface area contributed by atoms with E-state index in [0.29, 0.717) is 17.1 Å². The maximum atomic E-state index is 12.0. The van der Waals surface area contributed by atoms with Gasteiger partial charge >= 0.3 is 0 Å². The van der Waals surface area contributed by atoms with Gasteiger partial charge in [-0.1, -0.05) is 28.1 Å². The molecular formula is C17H17BrN2O4. The Morgan fingerprint density at radius 1 is 1.04 bits per heavy atom. The largest absolute Gasteiger partial charge is 0.497 e. The van der Waals surface area contributed by atoms with Crippen molar-refractivity contribution in [3.8, 4) is 11.5 Å². The van der Waals surface area contributed by atoms with Gasteiger partial charge in [0, 0.05) is 10.0 Å². The highest BCUT2D eigenvalue weighted by Gasteiger charge is 2.16. The van der Waals surface area contributed by atoms with Crippen LogP contribution in [0.1, 0.15) is 17.3 Å². The Labute approximate surface area is 148 Å². The Hall–Kier alpha value is -2.54. The van der Waals surface area contributed by atoms with Crippen LogP contribution >= 0.6 is 15.9 Å². The van der Waals surface area contributed by atoms with Crippen LogP contribution in [0.25, 0.3) is 0 Å². The molecule has 2 aromatic carbocycles. The molecule has 0 unspecified atom stereocenters. The van der Waals surface area contributed by atoms with E-state index in [1.165, 1.54) is 7.11 Å². The molecule has 2 rings (SSSR count). The van der Waals surface area contributed by atoms with Crippen LogP contribution in [-0.4, -0.2) is 25.0 Å². The molecule has 0 aliphatic carbocycles. The summed E-state index contributed by atoms with van der Waals surface area (Å²) in [6, 6.07) is 13.7. The van der Waals surface area contributed by atoms with E-state index < -0.39 is 17.9 Å². The average molecular weight is 393 g/mol. The van der Waals surface area contributed by atoms with Crippen molar-refractivity contribution in [1.82, 2.24) is 10.9 Å². The second kappa shape index (κ2) is 8.35. The predicted octanol–water partition coefficient (Wildman–Crippen LogP) is 2.69. The fourth-order valence-corrected chi connectivity index (χ4v) is 2.23. The Morgan fingerprint density at radius 3 is 2.46 bits per heavy atom. The lowest BCUT2D eigenvalue weighted by Crippen LogP contribution is -2.47. The van der Waals surface area contributed by atoms with Crippen LogP contribution in [0.2, 0.25) is 0 Å². The number of ether oxygens (including phenoxy) is 2. The smallest absolute Gasteiger partial charge is 0.279 e. The van der Waals surface area contributed by atoms with Crippen molar-refractivity contribution in [3.63, 3.8) is 0 Å². The summed E-state index contributed by atoms with van der Waals surface area (Å²) < 4.78 is 11.4. The molecule has 2 aromatic rings.